The summed E-state index contributed by atoms with van der Waals surface area (Å²) in [5.74, 6) is -0.568. The molecule has 0 bridgehead atoms. The first-order chi connectivity index (χ1) is 7.02. The predicted octanol–water partition coefficient (Wildman–Crippen LogP) is 1.27. The molecule has 1 N–H and O–H groups in total. The summed E-state index contributed by atoms with van der Waals surface area (Å²) in [4.78, 5) is 22.5. The zero-order chi connectivity index (χ0) is 11.8. The van der Waals surface area contributed by atoms with Gasteiger partial charge in [0.15, 0.2) is 0 Å². The fraction of sp³-hybridized carbons (Fsp3) is 0.636. The molecule has 0 saturated heterocycles. The van der Waals surface area contributed by atoms with E-state index >= 15 is 0 Å². The summed E-state index contributed by atoms with van der Waals surface area (Å²) < 4.78 is 4.91. The molecule has 0 rings (SSSR count). The van der Waals surface area contributed by atoms with Crippen molar-refractivity contribution in [3.63, 3.8) is 0 Å². The molecular weight excluding hydrogens is 194 g/mol. The summed E-state index contributed by atoms with van der Waals surface area (Å²) in [6, 6.07) is -0.563. The zero-order valence-corrected chi connectivity index (χ0v) is 9.58. The summed E-state index contributed by atoms with van der Waals surface area (Å²) in [6.07, 6.45) is 2.30. The van der Waals surface area contributed by atoms with Crippen molar-refractivity contribution in [3.8, 4) is 0 Å². The van der Waals surface area contributed by atoms with Crippen molar-refractivity contribution >= 4 is 11.9 Å². The van der Waals surface area contributed by atoms with Gasteiger partial charge in [-0.2, -0.15) is 0 Å². The number of esters is 1. The van der Waals surface area contributed by atoms with Gasteiger partial charge in [-0.15, -0.1) is 0 Å². The fourth-order valence-electron chi connectivity index (χ4n) is 1.12. The molecular formula is C11H19NO3. The highest BCUT2D eigenvalue weighted by molar-refractivity contribution is 5.83. The minimum Gasteiger partial charge on any atom is -0.460 e. The van der Waals surface area contributed by atoms with E-state index in [1.165, 1.54) is 13.0 Å². The van der Waals surface area contributed by atoms with Crippen LogP contribution in [-0.4, -0.2) is 24.5 Å². The monoisotopic (exact) mass is 213 g/mol. The quantitative estimate of drug-likeness (QED) is 0.534. The van der Waals surface area contributed by atoms with E-state index in [0.29, 0.717) is 0 Å². The van der Waals surface area contributed by atoms with Gasteiger partial charge >= 0.3 is 5.97 Å². The van der Waals surface area contributed by atoms with E-state index in [9.17, 15) is 9.59 Å². The van der Waals surface area contributed by atoms with Crippen molar-refractivity contribution in [2.24, 2.45) is 5.92 Å². The molecule has 15 heavy (non-hydrogen) atoms. The number of rotatable bonds is 6. The van der Waals surface area contributed by atoms with Crippen LogP contribution in [-0.2, 0) is 14.3 Å². The molecule has 0 unspecified atom stereocenters. The average Bonchev–Trinajstić information content (AvgIpc) is 2.21. The Balaban J connectivity index is 4.39. The highest BCUT2D eigenvalue weighted by Gasteiger charge is 2.25. The number of ether oxygens (including phenoxy) is 1. The lowest BCUT2D eigenvalue weighted by atomic mass is 9.99. The van der Waals surface area contributed by atoms with Crippen molar-refractivity contribution in [1.29, 1.82) is 0 Å². The predicted molar refractivity (Wildman–Crippen MR) is 58.2 cm³/mol. The van der Waals surface area contributed by atoms with Crippen LogP contribution in [0.3, 0.4) is 0 Å². The second-order valence-corrected chi connectivity index (χ2v) is 3.48. The minimum absolute atomic E-state index is 0.0613. The lowest BCUT2D eigenvalue weighted by Crippen LogP contribution is -2.45. The van der Waals surface area contributed by atoms with Gasteiger partial charge in [-0.05, 0) is 5.92 Å². The molecule has 0 heterocycles. The maximum atomic E-state index is 11.6. The molecule has 0 aliphatic carbocycles. The molecule has 0 saturated carbocycles. The smallest absolute Gasteiger partial charge is 0.329 e. The van der Waals surface area contributed by atoms with Crippen molar-refractivity contribution in [3.05, 3.63) is 12.7 Å². The van der Waals surface area contributed by atoms with Crippen LogP contribution in [0.1, 0.15) is 27.2 Å². The Kier molecular flexibility index (Phi) is 6.42. The summed E-state index contributed by atoms with van der Waals surface area (Å²) in [7, 11) is 0. The summed E-state index contributed by atoms with van der Waals surface area (Å²) in [5, 5.41) is 2.59. The highest BCUT2D eigenvalue weighted by atomic mass is 16.5. The molecule has 0 aromatic heterocycles. The van der Waals surface area contributed by atoms with E-state index in [2.05, 4.69) is 11.9 Å². The normalized spacial score (nSPS) is 13.8. The van der Waals surface area contributed by atoms with Crippen LogP contribution in [0.15, 0.2) is 12.7 Å². The largest absolute Gasteiger partial charge is 0.460 e. The highest BCUT2D eigenvalue weighted by Crippen LogP contribution is 2.09. The Morgan fingerprint density at radius 2 is 2.13 bits per heavy atom. The van der Waals surface area contributed by atoms with Crippen LogP contribution in [0, 0.1) is 5.92 Å². The molecule has 0 aromatic carbocycles. The molecule has 0 aliphatic rings. The number of carbonyl (C=O) groups excluding carboxylic acids is 2. The van der Waals surface area contributed by atoms with Crippen LogP contribution in [0.4, 0.5) is 0 Å². The maximum absolute atomic E-state index is 11.6. The molecule has 0 radical (unpaired) electrons. The fourth-order valence-corrected chi connectivity index (χ4v) is 1.12. The van der Waals surface area contributed by atoms with E-state index in [4.69, 9.17) is 4.74 Å². The summed E-state index contributed by atoms with van der Waals surface area (Å²) in [6.45, 7) is 8.87. The summed E-state index contributed by atoms with van der Waals surface area (Å²) >= 11 is 0. The van der Waals surface area contributed by atoms with Gasteiger partial charge in [0.1, 0.15) is 12.6 Å². The molecule has 2 atom stereocenters. The number of hydrogen-bond donors (Lipinski definition) is 1. The lowest BCUT2D eigenvalue weighted by molar-refractivity contribution is -0.148. The third-order valence-corrected chi connectivity index (χ3v) is 2.17. The Morgan fingerprint density at radius 1 is 1.53 bits per heavy atom. The standard InChI is InChI=1S/C11H19NO3/c1-5-7-15-11(14)10(8(3)6-2)12-9(4)13/h5,8,10H,1,6-7H2,2-4H3,(H,12,13)/t8-,10-/m0/s1. The number of carbonyl (C=O) groups is 2. The molecule has 0 aliphatic heterocycles. The molecule has 4 nitrogen and oxygen atoms in total. The van der Waals surface area contributed by atoms with Crippen LogP contribution in [0.25, 0.3) is 0 Å². The van der Waals surface area contributed by atoms with Gasteiger partial charge in [0.25, 0.3) is 0 Å². The van der Waals surface area contributed by atoms with Crippen LogP contribution in [0.2, 0.25) is 0 Å². The average molecular weight is 213 g/mol. The first-order valence-corrected chi connectivity index (χ1v) is 5.07. The Morgan fingerprint density at radius 3 is 2.53 bits per heavy atom. The van der Waals surface area contributed by atoms with Gasteiger partial charge in [-0.3, -0.25) is 4.79 Å². The van der Waals surface area contributed by atoms with E-state index < -0.39 is 12.0 Å². The van der Waals surface area contributed by atoms with Crippen LogP contribution < -0.4 is 5.32 Å². The van der Waals surface area contributed by atoms with Crippen molar-refractivity contribution in [2.75, 3.05) is 6.61 Å². The first kappa shape index (κ1) is 13.7. The second-order valence-electron chi connectivity index (χ2n) is 3.48. The third kappa shape index (κ3) is 5.20. The number of hydrogen-bond acceptors (Lipinski definition) is 3. The van der Waals surface area contributed by atoms with E-state index in [1.54, 1.807) is 0 Å². The maximum Gasteiger partial charge on any atom is 0.329 e. The molecule has 86 valence electrons. The third-order valence-electron chi connectivity index (χ3n) is 2.17. The summed E-state index contributed by atoms with van der Waals surface area (Å²) in [5.41, 5.74) is 0. The Bertz CT molecular complexity index is 238. The van der Waals surface area contributed by atoms with Crippen LogP contribution >= 0.6 is 0 Å². The molecule has 0 spiro atoms. The van der Waals surface area contributed by atoms with E-state index in [1.807, 2.05) is 13.8 Å². The number of amides is 1. The van der Waals surface area contributed by atoms with Gasteiger partial charge in [-0.1, -0.05) is 32.9 Å². The van der Waals surface area contributed by atoms with Crippen molar-refractivity contribution in [2.45, 2.75) is 33.2 Å². The minimum atomic E-state index is -0.563. The topological polar surface area (TPSA) is 55.4 Å². The molecule has 0 fully saturated rings. The zero-order valence-electron chi connectivity index (χ0n) is 9.58. The van der Waals surface area contributed by atoms with Gasteiger partial charge < -0.3 is 10.1 Å². The Labute approximate surface area is 90.7 Å². The molecule has 4 heteroatoms. The van der Waals surface area contributed by atoms with Gasteiger partial charge in [-0.25, -0.2) is 4.79 Å². The van der Waals surface area contributed by atoms with Gasteiger partial charge in [0.05, 0.1) is 0 Å². The van der Waals surface area contributed by atoms with Crippen LogP contribution in [0.5, 0.6) is 0 Å². The SMILES string of the molecule is C=CCOC(=O)[C@@H](NC(C)=O)[C@@H](C)CC. The molecule has 0 aromatic rings. The lowest BCUT2D eigenvalue weighted by Gasteiger charge is -2.21. The van der Waals surface area contributed by atoms with Gasteiger partial charge in [0.2, 0.25) is 5.91 Å². The van der Waals surface area contributed by atoms with Gasteiger partial charge in [0, 0.05) is 6.92 Å². The molecule has 1 amide bonds. The van der Waals surface area contributed by atoms with Crippen molar-refractivity contribution < 1.29 is 14.3 Å². The second kappa shape index (κ2) is 7.04. The van der Waals surface area contributed by atoms with Crippen molar-refractivity contribution in [1.82, 2.24) is 5.32 Å². The Hall–Kier alpha value is -1.32. The first-order valence-electron chi connectivity index (χ1n) is 5.07. The van der Waals surface area contributed by atoms with E-state index in [-0.39, 0.29) is 18.4 Å². The number of nitrogens with one attached hydrogen (secondary N) is 1. The van der Waals surface area contributed by atoms with E-state index in [0.717, 1.165) is 6.42 Å².